The summed E-state index contributed by atoms with van der Waals surface area (Å²) in [6.45, 7) is 4.84. The molecule has 2 fully saturated rings. The van der Waals surface area contributed by atoms with E-state index in [0.717, 1.165) is 18.8 Å². The quantitative estimate of drug-likeness (QED) is 0.321. The molecule has 1 aliphatic carbocycles. The van der Waals surface area contributed by atoms with Crippen LogP contribution < -0.4 is 16.0 Å². The molecule has 3 unspecified atom stereocenters. The van der Waals surface area contributed by atoms with Crippen LogP contribution in [-0.4, -0.2) is 49.4 Å². The van der Waals surface area contributed by atoms with Gasteiger partial charge in [-0.3, -0.25) is 9.59 Å². The number of carbonyl (C=O) groups excluding carboxylic acids is 4. The Kier molecular flexibility index (Phi) is 10.8. The second-order valence-corrected chi connectivity index (χ2v) is 9.37. The van der Waals surface area contributed by atoms with Gasteiger partial charge in [-0.1, -0.05) is 46.0 Å². The zero-order valence-corrected chi connectivity index (χ0v) is 19.0. The van der Waals surface area contributed by atoms with Gasteiger partial charge >= 0.3 is 6.09 Å². The highest BCUT2D eigenvalue weighted by molar-refractivity contribution is 5.88. The number of aldehydes is 1. The molecule has 1 aliphatic heterocycles. The highest BCUT2D eigenvalue weighted by Crippen LogP contribution is 2.27. The molecule has 1 saturated carbocycles. The van der Waals surface area contributed by atoms with Crippen molar-refractivity contribution >= 4 is 24.2 Å². The fraction of sp³-hybridized carbons (Fsp3) is 0.826. The number of carbonyl (C=O) groups is 4. The summed E-state index contributed by atoms with van der Waals surface area (Å²) in [5.41, 5.74) is 0. The van der Waals surface area contributed by atoms with E-state index in [2.05, 4.69) is 16.0 Å². The molecule has 8 nitrogen and oxygen atoms in total. The van der Waals surface area contributed by atoms with Crippen LogP contribution in [-0.2, 0) is 19.1 Å². The van der Waals surface area contributed by atoms with Gasteiger partial charge in [0.05, 0.1) is 12.6 Å². The lowest BCUT2D eigenvalue weighted by Gasteiger charge is -2.23. The molecular formula is C23H39N3O5. The van der Waals surface area contributed by atoms with Gasteiger partial charge in [-0.2, -0.15) is 0 Å². The number of nitrogens with one attached hydrogen (secondary N) is 3. The molecule has 31 heavy (non-hydrogen) atoms. The summed E-state index contributed by atoms with van der Waals surface area (Å²) < 4.78 is 5.30. The maximum Gasteiger partial charge on any atom is 0.407 e. The zero-order chi connectivity index (χ0) is 22.6. The van der Waals surface area contributed by atoms with Crippen molar-refractivity contribution in [1.82, 2.24) is 16.0 Å². The molecule has 0 aromatic heterocycles. The maximum atomic E-state index is 12.7. The first-order chi connectivity index (χ1) is 14.9. The van der Waals surface area contributed by atoms with Crippen LogP contribution in [0.25, 0.3) is 0 Å². The second-order valence-electron chi connectivity index (χ2n) is 9.37. The van der Waals surface area contributed by atoms with Crippen molar-refractivity contribution in [1.29, 1.82) is 0 Å². The van der Waals surface area contributed by atoms with Gasteiger partial charge in [0.15, 0.2) is 0 Å². The largest absolute Gasteiger partial charge is 0.450 e. The smallest absolute Gasteiger partial charge is 0.407 e. The lowest BCUT2D eigenvalue weighted by atomic mass is 9.86. The normalized spacial score (nSPS) is 21.3. The minimum Gasteiger partial charge on any atom is -0.450 e. The molecule has 3 N–H and O–H groups in total. The molecule has 2 rings (SSSR count). The Morgan fingerprint density at radius 2 is 1.90 bits per heavy atom. The molecule has 3 atom stereocenters. The van der Waals surface area contributed by atoms with Gasteiger partial charge in [-0.05, 0) is 43.9 Å². The molecular weight excluding hydrogens is 398 g/mol. The van der Waals surface area contributed by atoms with E-state index < -0.39 is 24.1 Å². The van der Waals surface area contributed by atoms with Crippen LogP contribution in [0.5, 0.6) is 0 Å². The van der Waals surface area contributed by atoms with E-state index in [1.165, 1.54) is 32.1 Å². The van der Waals surface area contributed by atoms with Gasteiger partial charge < -0.3 is 25.5 Å². The Morgan fingerprint density at radius 3 is 2.52 bits per heavy atom. The van der Waals surface area contributed by atoms with Crippen molar-refractivity contribution in [3.8, 4) is 0 Å². The van der Waals surface area contributed by atoms with Gasteiger partial charge in [-0.25, -0.2) is 4.79 Å². The molecule has 0 aromatic carbocycles. The highest BCUT2D eigenvalue weighted by atomic mass is 16.5. The van der Waals surface area contributed by atoms with Crippen molar-refractivity contribution in [2.24, 2.45) is 17.8 Å². The van der Waals surface area contributed by atoms with E-state index in [4.69, 9.17) is 4.74 Å². The first-order valence-electron chi connectivity index (χ1n) is 11.9. The summed E-state index contributed by atoms with van der Waals surface area (Å²) in [5.74, 6) is 0.110. The molecule has 0 aromatic rings. The minimum absolute atomic E-state index is 0.0882. The molecule has 0 bridgehead atoms. The third-order valence-electron chi connectivity index (χ3n) is 6.22. The number of alkyl carbamates (subject to hydrolysis) is 1. The zero-order valence-electron chi connectivity index (χ0n) is 19.0. The third kappa shape index (κ3) is 9.27. The summed E-state index contributed by atoms with van der Waals surface area (Å²) in [6.07, 6.45) is 9.74. The van der Waals surface area contributed by atoms with Crippen LogP contribution in [0.4, 0.5) is 4.79 Å². The predicted molar refractivity (Wildman–Crippen MR) is 117 cm³/mol. The molecule has 2 aliphatic rings. The number of rotatable bonds is 12. The SMILES string of the molecule is CC(C)CC(NC(=O)OCCCC1CCCCC1)C(=O)NC(C=O)CC1CCNC1=O. The number of hydrogen-bond acceptors (Lipinski definition) is 5. The van der Waals surface area contributed by atoms with Crippen LogP contribution >= 0.6 is 0 Å². The van der Waals surface area contributed by atoms with Crippen LogP contribution in [0.1, 0.15) is 78.1 Å². The van der Waals surface area contributed by atoms with Gasteiger partial charge in [0.25, 0.3) is 0 Å². The van der Waals surface area contributed by atoms with E-state index in [1.807, 2.05) is 13.8 Å². The lowest BCUT2D eigenvalue weighted by Crippen LogP contribution is -2.51. The van der Waals surface area contributed by atoms with Gasteiger partial charge in [-0.15, -0.1) is 0 Å². The van der Waals surface area contributed by atoms with E-state index in [9.17, 15) is 19.2 Å². The predicted octanol–water partition coefficient (Wildman–Crippen LogP) is 2.70. The second kappa shape index (κ2) is 13.3. The number of amides is 3. The molecule has 176 valence electrons. The van der Waals surface area contributed by atoms with Crippen LogP contribution in [0, 0.1) is 17.8 Å². The Balaban J connectivity index is 1.77. The first kappa shape index (κ1) is 25.1. The summed E-state index contributed by atoms with van der Waals surface area (Å²) in [5, 5.41) is 8.06. The molecule has 8 heteroatoms. The fourth-order valence-electron chi connectivity index (χ4n) is 4.51. The van der Waals surface area contributed by atoms with Gasteiger partial charge in [0.1, 0.15) is 12.3 Å². The minimum atomic E-state index is -0.786. The summed E-state index contributed by atoms with van der Waals surface area (Å²) in [7, 11) is 0. The topological polar surface area (TPSA) is 114 Å². The first-order valence-corrected chi connectivity index (χ1v) is 11.9. The average molecular weight is 438 g/mol. The van der Waals surface area contributed by atoms with E-state index >= 15 is 0 Å². The standard InChI is InChI=1S/C23H39N3O5/c1-16(2)13-20(22(29)25-19(15-27)14-18-10-11-24-21(18)28)26-23(30)31-12-6-9-17-7-4-3-5-8-17/h15-20H,3-14H2,1-2H3,(H,24,28)(H,25,29)(H,26,30). The monoisotopic (exact) mass is 437 g/mol. The highest BCUT2D eigenvalue weighted by Gasteiger charge is 2.30. The summed E-state index contributed by atoms with van der Waals surface area (Å²) in [4.78, 5) is 48.2. The van der Waals surface area contributed by atoms with Crippen molar-refractivity contribution < 1.29 is 23.9 Å². The molecule has 1 heterocycles. The lowest BCUT2D eigenvalue weighted by molar-refractivity contribution is -0.127. The number of ether oxygens (including phenoxy) is 1. The molecule has 1 saturated heterocycles. The molecule has 0 spiro atoms. The van der Waals surface area contributed by atoms with Crippen molar-refractivity contribution in [2.45, 2.75) is 90.1 Å². The van der Waals surface area contributed by atoms with Crippen LogP contribution in [0.15, 0.2) is 0 Å². The van der Waals surface area contributed by atoms with Gasteiger partial charge in [0, 0.05) is 12.5 Å². The number of hydrogen-bond donors (Lipinski definition) is 3. The Hall–Kier alpha value is -2.12. The molecule has 3 amide bonds. The maximum absolute atomic E-state index is 12.7. The van der Waals surface area contributed by atoms with E-state index in [0.29, 0.717) is 32.3 Å². The Labute approximate surface area is 185 Å². The van der Waals surface area contributed by atoms with Crippen LogP contribution in [0.2, 0.25) is 0 Å². The van der Waals surface area contributed by atoms with Crippen molar-refractivity contribution in [3.63, 3.8) is 0 Å². The molecule has 0 radical (unpaired) electrons. The van der Waals surface area contributed by atoms with Crippen LogP contribution in [0.3, 0.4) is 0 Å². The van der Waals surface area contributed by atoms with Crippen molar-refractivity contribution in [3.05, 3.63) is 0 Å². The average Bonchev–Trinajstić information content (AvgIpc) is 3.15. The Morgan fingerprint density at radius 1 is 1.16 bits per heavy atom. The summed E-state index contributed by atoms with van der Waals surface area (Å²) in [6, 6.07) is -1.55. The van der Waals surface area contributed by atoms with Crippen molar-refractivity contribution in [2.75, 3.05) is 13.2 Å². The fourth-order valence-corrected chi connectivity index (χ4v) is 4.51. The van der Waals surface area contributed by atoms with E-state index in [-0.39, 0.29) is 24.2 Å². The summed E-state index contributed by atoms with van der Waals surface area (Å²) >= 11 is 0. The van der Waals surface area contributed by atoms with E-state index in [1.54, 1.807) is 0 Å². The third-order valence-corrected chi connectivity index (χ3v) is 6.22. The van der Waals surface area contributed by atoms with Gasteiger partial charge in [0.2, 0.25) is 11.8 Å². The Bertz CT molecular complexity index is 604.